The van der Waals surface area contributed by atoms with Crippen LogP contribution in [0.15, 0.2) is 47.6 Å². The van der Waals surface area contributed by atoms with Crippen molar-refractivity contribution in [3.05, 3.63) is 53.7 Å². The van der Waals surface area contributed by atoms with Crippen LogP contribution in [-0.2, 0) is 17.8 Å². The third-order valence-corrected chi connectivity index (χ3v) is 4.18. The maximum absolute atomic E-state index is 12.5. The molecule has 0 spiro atoms. The van der Waals surface area contributed by atoms with Gasteiger partial charge in [0.2, 0.25) is 5.88 Å². The Morgan fingerprint density at radius 2 is 1.94 bits per heavy atom. The zero-order valence-corrected chi connectivity index (χ0v) is 20.7. The van der Waals surface area contributed by atoms with Crippen LogP contribution in [0.5, 0.6) is 11.6 Å². The summed E-state index contributed by atoms with van der Waals surface area (Å²) >= 11 is 0. The first-order chi connectivity index (χ1) is 15.1. The average Bonchev–Trinajstić information content (AvgIpc) is 2.79. The van der Waals surface area contributed by atoms with Crippen LogP contribution < -0.4 is 20.1 Å². The van der Waals surface area contributed by atoms with Crippen LogP contribution in [0.3, 0.4) is 0 Å². The molecule has 178 valence electrons. The molecule has 0 saturated heterocycles. The molecule has 0 aliphatic heterocycles. The van der Waals surface area contributed by atoms with Crippen LogP contribution in [-0.4, -0.2) is 50.8 Å². The van der Waals surface area contributed by atoms with E-state index in [1.165, 1.54) is 6.20 Å². The van der Waals surface area contributed by atoms with Crippen molar-refractivity contribution in [1.82, 2.24) is 15.6 Å². The van der Waals surface area contributed by atoms with E-state index >= 15 is 0 Å². The molecule has 0 bridgehead atoms. The number of hydrogen-bond donors (Lipinski definition) is 2. The Labute approximate surface area is 205 Å². The second-order valence-corrected chi connectivity index (χ2v) is 6.51. The Hall–Kier alpha value is -2.21. The van der Waals surface area contributed by atoms with Gasteiger partial charge in [-0.15, -0.1) is 24.0 Å². The van der Waals surface area contributed by atoms with Crippen LogP contribution in [0, 0.1) is 0 Å². The summed E-state index contributed by atoms with van der Waals surface area (Å²) in [7, 11) is 1.62. The summed E-state index contributed by atoms with van der Waals surface area (Å²) < 4.78 is 40.6. The third kappa shape index (κ3) is 10.9. The van der Waals surface area contributed by atoms with E-state index in [0.717, 1.165) is 17.7 Å². The first-order valence-electron chi connectivity index (χ1n) is 10.2. The molecule has 1 aromatic heterocycles. The predicted octanol–water partition coefficient (Wildman–Crippen LogP) is 4.01. The lowest BCUT2D eigenvalue weighted by Gasteiger charge is -2.15. The fourth-order valence-corrected chi connectivity index (χ4v) is 2.61. The van der Waals surface area contributed by atoms with Crippen molar-refractivity contribution in [2.75, 3.05) is 33.5 Å². The van der Waals surface area contributed by atoms with Crippen molar-refractivity contribution >= 4 is 29.9 Å². The molecule has 0 fully saturated rings. The molecule has 7 nitrogen and oxygen atoms in total. The topological polar surface area (TPSA) is 77.0 Å². The molecule has 0 aliphatic rings. The number of nitrogens with one attached hydrogen (secondary N) is 2. The maximum atomic E-state index is 12.5. The lowest BCUT2D eigenvalue weighted by atomic mass is 10.2. The minimum absolute atomic E-state index is 0. The quantitative estimate of drug-likeness (QED) is 0.166. The zero-order chi connectivity index (χ0) is 22.3. The Balaban J connectivity index is 0.00000512. The van der Waals surface area contributed by atoms with E-state index in [1.807, 2.05) is 31.2 Å². The Bertz CT molecular complexity index is 795. The second-order valence-electron chi connectivity index (χ2n) is 6.51. The van der Waals surface area contributed by atoms with Crippen molar-refractivity contribution in [2.24, 2.45) is 4.99 Å². The van der Waals surface area contributed by atoms with Crippen molar-refractivity contribution in [2.45, 2.75) is 32.9 Å². The van der Waals surface area contributed by atoms with Crippen LogP contribution in [0.2, 0.25) is 0 Å². The van der Waals surface area contributed by atoms with Crippen molar-refractivity contribution in [1.29, 1.82) is 0 Å². The number of pyridine rings is 1. The van der Waals surface area contributed by atoms with Gasteiger partial charge in [-0.2, -0.15) is 0 Å². The normalized spacial score (nSPS) is 11.1. The third-order valence-electron chi connectivity index (χ3n) is 4.18. The molecule has 0 atom stereocenters. The number of ether oxygens (including phenoxy) is 3. The van der Waals surface area contributed by atoms with Gasteiger partial charge in [-0.3, -0.25) is 0 Å². The Kier molecular flexibility index (Phi) is 14.3. The lowest BCUT2D eigenvalue weighted by molar-refractivity contribution is 0.0790. The van der Waals surface area contributed by atoms with Gasteiger partial charge in [0.15, 0.2) is 12.6 Å². The molecule has 32 heavy (non-hydrogen) atoms. The van der Waals surface area contributed by atoms with Crippen LogP contribution >= 0.6 is 24.0 Å². The molecule has 0 radical (unpaired) electrons. The molecule has 10 heteroatoms. The standard InChI is InChI=1S/C22H30F2N4O3.HI/c1-3-30-13-5-12-26-22(27-14-17-7-9-19(29-2)10-8-17)28-15-18-6-4-11-25-21(18)31-16-20(23)24;/h4,6-11,20H,3,5,12-16H2,1-2H3,(H2,26,27,28);1H. The number of hydrogen-bond acceptors (Lipinski definition) is 5. The van der Waals surface area contributed by atoms with Crippen LogP contribution in [0.25, 0.3) is 0 Å². The number of guanidine groups is 1. The largest absolute Gasteiger partial charge is 0.497 e. The summed E-state index contributed by atoms with van der Waals surface area (Å²) in [4.78, 5) is 8.67. The van der Waals surface area contributed by atoms with Gasteiger partial charge < -0.3 is 24.8 Å². The number of rotatable bonds is 13. The summed E-state index contributed by atoms with van der Waals surface area (Å²) in [6, 6.07) is 11.2. The summed E-state index contributed by atoms with van der Waals surface area (Å²) in [5.74, 6) is 1.56. The first kappa shape index (κ1) is 27.8. The second kappa shape index (κ2) is 16.4. The molecule has 1 aromatic carbocycles. The van der Waals surface area contributed by atoms with E-state index in [-0.39, 0.29) is 29.9 Å². The molecule has 2 rings (SSSR count). The van der Waals surface area contributed by atoms with Gasteiger partial charge in [0.05, 0.1) is 13.7 Å². The SMILES string of the molecule is CCOCCCNC(=NCc1ccc(OC)cc1)NCc1cccnc1OCC(F)F.I. The minimum atomic E-state index is -2.56. The monoisotopic (exact) mass is 564 g/mol. The lowest BCUT2D eigenvalue weighted by Crippen LogP contribution is -2.38. The number of benzene rings is 1. The van der Waals surface area contributed by atoms with Gasteiger partial charge in [-0.1, -0.05) is 18.2 Å². The summed E-state index contributed by atoms with van der Waals surface area (Å²) in [5, 5.41) is 6.48. The van der Waals surface area contributed by atoms with Crippen molar-refractivity contribution in [3.8, 4) is 11.6 Å². The van der Waals surface area contributed by atoms with Gasteiger partial charge in [0, 0.05) is 38.1 Å². The minimum Gasteiger partial charge on any atom is -0.497 e. The number of alkyl halides is 2. The Morgan fingerprint density at radius 1 is 1.16 bits per heavy atom. The van der Waals surface area contributed by atoms with E-state index in [9.17, 15) is 8.78 Å². The maximum Gasteiger partial charge on any atom is 0.272 e. The van der Waals surface area contributed by atoms with Crippen molar-refractivity contribution < 1.29 is 23.0 Å². The van der Waals surface area contributed by atoms with E-state index in [1.54, 1.807) is 19.2 Å². The number of aliphatic imine (C=N–C) groups is 1. The molecule has 1 heterocycles. The van der Waals surface area contributed by atoms with Gasteiger partial charge in [0.25, 0.3) is 6.43 Å². The average molecular weight is 564 g/mol. The molecular formula is C22H31F2IN4O3. The fraction of sp³-hybridized carbons (Fsp3) is 0.455. The van der Waals surface area contributed by atoms with Gasteiger partial charge in [-0.25, -0.2) is 18.8 Å². The summed E-state index contributed by atoms with van der Waals surface area (Å²) in [6.07, 6.45) is -0.224. The molecule has 0 unspecified atom stereocenters. The first-order valence-corrected chi connectivity index (χ1v) is 10.2. The summed E-state index contributed by atoms with van der Waals surface area (Å²) in [5.41, 5.74) is 1.69. The highest BCUT2D eigenvalue weighted by molar-refractivity contribution is 14.0. The molecule has 0 amide bonds. The Morgan fingerprint density at radius 3 is 2.62 bits per heavy atom. The smallest absolute Gasteiger partial charge is 0.272 e. The number of aromatic nitrogens is 1. The predicted molar refractivity (Wildman–Crippen MR) is 131 cm³/mol. The highest BCUT2D eigenvalue weighted by atomic mass is 127. The number of halogens is 3. The van der Waals surface area contributed by atoms with E-state index < -0.39 is 13.0 Å². The highest BCUT2D eigenvalue weighted by Gasteiger charge is 2.10. The van der Waals surface area contributed by atoms with Gasteiger partial charge in [0.1, 0.15) is 5.75 Å². The van der Waals surface area contributed by atoms with Crippen molar-refractivity contribution in [3.63, 3.8) is 0 Å². The number of methoxy groups -OCH3 is 1. The zero-order valence-electron chi connectivity index (χ0n) is 18.4. The fourth-order valence-electron chi connectivity index (χ4n) is 2.61. The van der Waals surface area contributed by atoms with Gasteiger partial charge in [-0.05, 0) is 37.1 Å². The number of nitrogens with zero attached hydrogens (tertiary/aromatic N) is 2. The van der Waals surface area contributed by atoms with Crippen LogP contribution in [0.4, 0.5) is 8.78 Å². The summed E-state index contributed by atoms with van der Waals surface area (Å²) in [6.45, 7) is 4.06. The van der Waals surface area contributed by atoms with Crippen LogP contribution in [0.1, 0.15) is 24.5 Å². The molecule has 0 saturated carbocycles. The molecule has 2 aromatic rings. The molecule has 2 N–H and O–H groups in total. The molecular weight excluding hydrogens is 533 g/mol. The van der Waals surface area contributed by atoms with E-state index in [0.29, 0.717) is 44.4 Å². The van der Waals surface area contributed by atoms with E-state index in [2.05, 4.69) is 20.6 Å². The van der Waals surface area contributed by atoms with Gasteiger partial charge >= 0.3 is 0 Å². The highest BCUT2D eigenvalue weighted by Crippen LogP contribution is 2.15. The molecule has 0 aliphatic carbocycles. The van der Waals surface area contributed by atoms with E-state index in [4.69, 9.17) is 14.2 Å².